The summed E-state index contributed by atoms with van der Waals surface area (Å²) in [5, 5.41) is 1.48. The van der Waals surface area contributed by atoms with Crippen LogP contribution in [0.4, 0.5) is 0 Å². The lowest BCUT2D eigenvalue weighted by Crippen LogP contribution is -2.31. The lowest BCUT2D eigenvalue weighted by molar-refractivity contribution is 0.0604. The number of hydrogen-bond acceptors (Lipinski definition) is 4. The molecule has 2 nitrogen and oxygen atoms in total. The highest BCUT2D eigenvalue weighted by atomic mass is 32.2. The molecule has 0 aromatic rings. The smallest absolute Gasteiger partial charge is 0.0700 e. The summed E-state index contributed by atoms with van der Waals surface area (Å²) < 4.78 is 11.5. The van der Waals surface area contributed by atoms with Crippen molar-refractivity contribution in [3.8, 4) is 0 Å². The van der Waals surface area contributed by atoms with E-state index in [0.717, 1.165) is 60.3 Å². The highest BCUT2D eigenvalue weighted by molar-refractivity contribution is 8.00. The van der Waals surface area contributed by atoms with E-state index in [1.54, 1.807) is 0 Å². The van der Waals surface area contributed by atoms with Crippen LogP contribution in [0.5, 0.6) is 0 Å². The van der Waals surface area contributed by atoms with Crippen molar-refractivity contribution in [2.75, 3.05) is 37.9 Å². The van der Waals surface area contributed by atoms with Gasteiger partial charge in [-0.2, -0.15) is 23.5 Å². The van der Waals surface area contributed by atoms with Crippen LogP contribution in [0.2, 0.25) is 0 Å². The van der Waals surface area contributed by atoms with Gasteiger partial charge >= 0.3 is 0 Å². The molecule has 0 aromatic heterocycles. The normalized spacial score (nSPS) is 22.5. The number of ether oxygens (including phenoxy) is 2. The lowest BCUT2D eigenvalue weighted by Gasteiger charge is -2.40. The van der Waals surface area contributed by atoms with E-state index < -0.39 is 0 Å². The second-order valence-electron chi connectivity index (χ2n) is 10.1. The van der Waals surface area contributed by atoms with Gasteiger partial charge in [-0.25, -0.2) is 0 Å². The summed E-state index contributed by atoms with van der Waals surface area (Å²) in [4.78, 5) is 0. The summed E-state index contributed by atoms with van der Waals surface area (Å²) in [5.41, 5.74) is 0.451. The maximum atomic E-state index is 5.77. The van der Waals surface area contributed by atoms with Crippen molar-refractivity contribution in [3.63, 3.8) is 0 Å². The van der Waals surface area contributed by atoms with Crippen LogP contribution in [0.15, 0.2) is 12.2 Å². The maximum Gasteiger partial charge on any atom is 0.0700 e. The Morgan fingerprint density at radius 2 is 1.52 bits per heavy atom. The maximum absolute atomic E-state index is 5.77. The molecule has 1 aliphatic rings. The molecule has 1 rings (SSSR count). The average molecular weight is 473 g/mol. The fraction of sp³-hybridized carbons (Fsp3) is 0.926. The van der Waals surface area contributed by atoms with E-state index in [1.807, 2.05) is 0 Å². The van der Waals surface area contributed by atoms with Crippen molar-refractivity contribution in [1.82, 2.24) is 0 Å². The molecule has 0 saturated heterocycles. The Morgan fingerprint density at radius 1 is 0.903 bits per heavy atom. The minimum absolute atomic E-state index is 0.451. The van der Waals surface area contributed by atoms with Gasteiger partial charge in [0.05, 0.1) is 26.4 Å². The van der Waals surface area contributed by atoms with Gasteiger partial charge in [0.2, 0.25) is 0 Å². The lowest BCUT2D eigenvalue weighted by atomic mass is 9.65. The Kier molecular flexibility index (Phi) is 16.9. The highest BCUT2D eigenvalue weighted by Crippen LogP contribution is 2.43. The van der Waals surface area contributed by atoms with Crippen LogP contribution in [0.25, 0.3) is 0 Å². The number of unbranched alkanes of at least 4 members (excludes halogenated alkanes) is 3. The molecular formula is C27H52O2S2. The van der Waals surface area contributed by atoms with E-state index >= 15 is 0 Å². The topological polar surface area (TPSA) is 18.5 Å². The Hall–Kier alpha value is 0.360. The summed E-state index contributed by atoms with van der Waals surface area (Å²) in [7, 11) is 0. The summed E-state index contributed by atoms with van der Waals surface area (Å²) in [6.07, 6.45) is 15.5. The third-order valence-electron chi connectivity index (χ3n) is 6.70. The van der Waals surface area contributed by atoms with E-state index in [4.69, 9.17) is 9.47 Å². The zero-order chi connectivity index (χ0) is 23.0. The Balaban J connectivity index is 1.91. The van der Waals surface area contributed by atoms with Crippen molar-refractivity contribution in [3.05, 3.63) is 12.2 Å². The molecule has 4 heteroatoms. The first kappa shape index (κ1) is 29.4. The average Bonchev–Trinajstić information content (AvgIpc) is 2.71. The number of hydrogen-bond donors (Lipinski definition) is 0. The molecule has 0 bridgehead atoms. The molecule has 0 spiro atoms. The molecule has 0 saturated carbocycles. The first-order valence-corrected chi connectivity index (χ1v) is 15.0. The number of thioether (sulfide) groups is 2. The standard InChI is InChI=1S/C27H52O2S2/c1-7-8-9-10-13-24(3)30-21-19-28-17-18-29-20-22-31-25(4)14-15-26-23(2)12-11-16-27(26,5)6/h11-12,23-26H,7-10,13-22H2,1-6H3. The molecule has 0 aliphatic heterocycles. The first-order valence-electron chi connectivity index (χ1n) is 12.9. The number of rotatable bonds is 19. The van der Waals surface area contributed by atoms with Crippen molar-refractivity contribution in [1.29, 1.82) is 0 Å². The third-order valence-corrected chi connectivity index (χ3v) is 9.12. The quantitative estimate of drug-likeness (QED) is 0.139. The highest BCUT2D eigenvalue weighted by Gasteiger charge is 2.34. The predicted octanol–water partition coefficient (Wildman–Crippen LogP) is 8.25. The molecule has 0 N–H and O–H groups in total. The van der Waals surface area contributed by atoms with Gasteiger partial charge < -0.3 is 9.47 Å². The Morgan fingerprint density at radius 3 is 2.10 bits per heavy atom. The molecule has 1 aliphatic carbocycles. The molecule has 0 fully saturated rings. The monoisotopic (exact) mass is 472 g/mol. The zero-order valence-corrected chi connectivity index (χ0v) is 23.1. The summed E-state index contributed by atoms with van der Waals surface area (Å²) in [6.45, 7) is 17.4. The van der Waals surface area contributed by atoms with Crippen LogP contribution in [-0.2, 0) is 9.47 Å². The van der Waals surface area contributed by atoms with Gasteiger partial charge in [0, 0.05) is 22.0 Å². The molecule has 0 amide bonds. The van der Waals surface area contributed by atoms with Gasteiger partial charge in [0.25, 0.3) is 0 Å². The molecule has 4 atom stereocenters. The van der Waals surface area contributed by atoms with E-state index in [9.17, 15) is 0 Å². The second-order valence-corrected chi connectivity index (χ2v) is 13.2. The predicted molar refractivity (Wildman–Crippen MR) is 144 cm³/mol. The zero-order valence-electron chi connectivity index (χ0n) is 21.5. The Bertz CT molecular complexity index is 453. The van der Waals surface area contributed by atoms with E-state index in [0.29, 0.717) is 5.41 Å². The minimum atomic E-state index is 0.451. The van der Waals surface area contributed by atoms with E-state index in [-0.39, 0.29) is 0 Å². The van der Waals surface area contributed by atoms with Gasteiger partial charge in [-0.1, -0.05) is 79.4 Å². The third kappa shape index (κ3) is 14.3. The van der Waals surface area contributed by atoms with Crippen molar-refractivity contribution >= 4 is 23.5 Å². The van der Waals surface area contributed by atoms with Crippen molar-refractivity contribution in [2.45, 2.75) is 103 Å². The molecule has 0 radical (unpaired) electrons. The summed E-state index contributed by atoms with van der Waals surface area (Å²) >= 11 is 4.11. The van der Waals surface area contributed by atoms with Crippen LogP contribution in [0.1, 0.15) is 92.9 Å². The van der Waals surface area contributed by atoms with Crippen LogP contribution < -0.4 is 0 Å². The van der Waals surface area contributed by atoms with Gasteiger partial charge in [-0.15, -0.1) is 0 Å². The van der Waals surface area contributed by atoms with E-state index in [1.165, 1.54) is 51.4 Å². The van der Waals surface area contributed by atoms with Gasteiger partial charge in [-0.3, -0.25) is 0 Å². The van der Waals surface area contributed by atoms with Crippen LogP contribution in [0.3, 0.4) is 0 Å². The van der Waals surface area contributed by atoms with Gasteiger partial charge in [0.1, 0.15) is 0 Å². The van der Waals surface area contributed by atoms with Crippen molar-refractivity contribution in [2.24, 2.45) is 17.3 Å². The van der Waals surface area contributed by atoms with Gasteiger partial charge in [-0.05, 0) is 42.9 Å². The Labute approximate surface area is 203 Å². The van der Waals surface area contributed by atoms with Crippen LogP contribution in [-0.4, -0.2) is 48.4 Å². The van der Waals surface area contributed by atoms with E-state index in [2.05, 4.69) is 77.2 Å². The molecule has 184 valence electrons. The summed E-state index contributed by atoms with van der Waals surface area (Å²) in [5.74, 6) is 3.73. The number of allylic oxidation sites excluding steroid dienone is 2. The fourth-order valence-electron chi connectivity index (χ4n) is 4.62. The molecule has 31 heavy (non-hydrogen) atoms. The minimum Gasteiger partial charge on any atom is -0.378 e. The molecular weight excluding hydrogens is 420 g/mol. The van der Waals surface area contributed by atoms with Crippen LogP contribution in [0, 0.1) is 17.3 Å². The molecule has 4 unspecified atom stereocenters. The first-order chi connectivity index (χ1) is 14.9. The molecule has 0 heterocycles. The second kappa shape index (κ2) is 17.8. The summed E-state index contributed by atoms with van der Waals surface area (Å²) in [6, 6.07) is 0. The van der Waals surface area contributed by atoms with Crippen LogP contribution >= 0.6 is 23.5 Å². The van der Waals surface area contributed by atoms with Gasteiger partial charge in [0.15, 0.2) is 0 Å². The fourth-order valence-corrected chi connectivity index (χ4v) is 6.48. The van der Waals surface area contributed by atoms with Crippen molar-refractivity contribution < 1.29 is 9.47 Å². The SMILES string of the molecule is CCCCCCC(C)SCCOCCOCCSC(C)CCC1C(C)C=CCC1(C)C. The molecule has 0 aromatic carbocycles. The largest absolute Gasteiger partial charge is 0.378 e.